The standard InChI is InChI=1S/C25H31N5O5/c1-25(2,3)35-24(34)28-12-9-19(10-13-28)29-11-5-8-20(29)22(32)27-18-7-4-6-17(14-18)16-30-21(31)15-26-23(30)33/h4-8,11,14,19H,9-10,12-13,15-16H2,1-3H3,(H,26,33)(H,27,32). The predicted molar refractivity (Wildman–Crippen MR) is 129 cm³/mol. The number of urea groups is 1. The summed E-state index contributed by atoms with van der Waals surface area (Å²) in [6, 6.07) is 10.4. The summed E-state index contributed by atoms with van der Waals surface area (Å²) in [6.07, 6.45) is 3.01. The number of carbonyl (C=O) groups excluding carboxylic acids is 4. The van der Waals surface area contributed by atoms with E-state index in [1.54, 1.807) is 35.2 Å². The lowest BCUT2D eigenvalue weighted by Crippen LogP contribution is -2.42. The molecule has 3 heterocycles. The van der Waals surface area contributed by atoms with Gasteiger partial charge < -0.3 is 24.8 Å². The van der Waals surface area contributed by atoms with Crippen molar-refractivity contribution in [3.63, 3.8) is 0 Å². The number of imide groups is 1. The highest BCUT2D eigenvalue weighted by Crippen LogP contribution is 2.26. The van der Waals surface area contributed by atoms with Crippen LogP contribution >= 0.6 is 0 Å². The maximum Gasteiger partial charge on any atom is 0.410 e. The van der Waals surface area contributed by atoms with Crippen LogP contribution < -0.4 is 10.6 Å². The van der Waals surface area contributed by atoms with E-state index in [0.717, 1.165) is 23.3 Å². The van der Waals surface area contributed by atoms with Gasteiger partial charge in [0.2, 0.25) is 5.91 Å². The number of ether oxygens (including phenoxy) is 1. The van der Waals surface area contributed by atoms with Gasteiger partial charge in [-0.1, -0.05) is 12.1 Å². The number of benzene rings is 1. The Hall–Kier alpha value is -3.82. The second-order valence-corrected chi connectivity index (χ2v) is 9.79. The summed E-state index contributed by atoms with van der Waals surface area (Å²) in [5, 5.41) is 5.41. The Morgan fingerprint density at radius 2 is 1.86 bits per heavy atom. The fraction of sp³-hybridized carbons (Fsp3) is 0.440. The van der Waals surface area contributed by atoms with E-state index >= 15 is 0 Å². The van der Waals surface area contributed by atoms with Crippen LogP contribution in [0.15, 0.2) is 42.6 Å². The number of amides is 5. The Kier molecular flexibility index (Phi) is 6.81. The van der Waals surface area contributed by atoms with E-state index < -0.39 is 11.6 Å². The number of likely N-dealkylation sites (tertiary alicyclic amines) is 1. The van der Waals surface area contributed by atoms with Crippen molar-refractivity contribution in [2.45, 2.75) is 51.8 Å². The molecule has 0 spiro atoms. The van der Waals surface area contributed by atoms with E-state index in [4.69, 9.17) is 4.74 Å². The Balaban J connectivity index is 1.38. The van der Waals surface area contributed by atoms with Gasteiger partial charge in [-0.05, 0) is 63.4 Å². The molecule has 10 nitrogen and oxygen atoms in total. The van der Waals surface area contributed by atoms with Gasteiger partial charge in [0.05, 0.1) is 13.1 Å². The minimum Gasteiger partial charge on any atom is -0.444 e. The average Bonchev–Trinajstić information content (AvgIpc) is 3.41. The topological polar surface area (TPSA) is 113 Å². The number of aromatic nitrogens is 1. The highest BCUT2D eigenvalue weighted by atomic mass is 16.6. The van der Waals surface area contributed by atoms with Crippen molar-refractivity contribution in [1.29, 1.82) is 0 Å². The molecule has 0 atom stereocenters. The summed E-state index contributed by atoms with van der Waals surface area (Å²) < 4.78 is 7.42. The number of piperidine rings is 1. The van der Waals surface area contributed by atoms with Gasteiger partial charge in [0, 0.05) is 31.0 Å². The third kappa shape index (κ3) is 5.82. The summed E-state index contributed by atoms with van der Waals surface area (Å²) in [6.45, 7) is 6.80. The molecular formula is C25H31N5O5. The maximum absolute atomic E-state index is 13.1. The largest absolute Gasteiger partial charge is 0.444 e. The molecule has 2 N–H and O–H groups in total. The molecule has 1 aromatic heterocycles. The summed E-state index contributed by atoms with van der Waals surface area (Å²) in [4.78, 5) is 51.9. The van der Waals surface area contributed by atoms with Crippen molar-refractivity contribution >= 4 is 29.6 Å². The van der Waals surface area contributed by atoms with Gasteiger partial charge in [0.25, 0.3) is 5.91 Å². The summed E-state index contributed by atoms with van der Waals surface area (Å²) >= 11 is 0. The highest BCUT2D eigenvalue weighted by Gasteiger charge is 2.30. The molecule has 4 rings (SSSR count). The van der Waals surface area contributed by atoms with Crippen LogP contribution in [0.4, 0.5) is 15.3 Å². The molecule has 1 aromatic carbocycles. The predicted octanol–water partition coefficient (Wildman–Crippen LogP) is 3.36. The first-order valence-corrected chi connectivity index (χ1v) is 11.7. The normalized spacial score (nSPS) is 16.9. The van der Waals surface area contributed by atoms with Crippen LogP contribution in [0.3, 0.4) is 0 Å². The zero-order valence-electron chi connectivity index (χ0n) is 20.2. The van der Waals surface area contributed by atoms with Crippen molar-refractivity contribution < 1.29 is 23.9 Å². The first-order valence-electron chi connectivity index (χ1n) is 11.7. The molecule has 10 heteroatoms. The van der Waals surface area contributed by atoms with E-state index in [0.29, 0.717) is 24.5 Å². The minimum atomic E-state index is -0.534. The zero-order chi connectivity index (χ0) is 25.2. The molecule has 0 radical (unpaired) electrons. The Morgan fingerprint density at radius 1 is 1.11 bits per heavy atom. The first kappa shape index (κ1) is 24.3. The molecule has 2 aliphatic heterocycles. The molecule has 0 aliphatic carbocycles. The van der Waals surface area contributed by atoms with Crippen LogP contribution in [0, 0.1) is 0 Å². The van der Waals surface area contributed by atoms with E-state index in [1.165, 1.54) is 0 Å². The quantitative estimate of drug-likeness (QED) is 0.636. The molecule has 2 fully saturated rings. The molecule has 2 saturated heterocycles. The molecule has 186 valence electrons. The van der Waals surface area contributed by atoms with Crippen LogP contribution in [0.1, 0.15) is 55.7 Å². The van der Waals surface area contributed by atoms with Crippen LogP contribution in [0.2, 0.25) is 0 Å². The lowest BCUT2D eigenvalue weighted by Gasteiger charge is -2.34. The van der Waals surface area contributed by atoms with E-state index in [-0.39, 0.29) is 37.0 Å². The Bertz CT molecular complexity index is 1110. The molecule has 0 saturated carbocycles. The van der Waals surface area contributed by atoms with Crippen molar-refractivity contribution in [3.05, 3.63) is 53.9 Å². The summed E-state index contributed by atoms with van der Waals surface area (Å²) in [7, 11) is 0. The fourth-order valence-electron chi connectivity index (χ4n) is 4.30. The smallest absolute Gasteiger partial charge is 0.410 e. The molecule has 35 heavy (non-hydrogen) atoms. The van der Waals surface area contributed by atoms with Crippen molar-refractivity contribution in [2.75, 3.05) is 25.0 Å². The van der Waals surface area contributed by atoms with Crippen LogP contribution in [-0.4, -0.2) is 63.5 Å². The van der Waals surface area contributed by atoms with Gasteiger partial charge >= 0.3 is 12.1 Å². The second kappa shape index (κ2) is 9.81. The number of anilines is 1. The minimum absolute atomic E-state index is 0.00293. The van der Waals surface area contributed by atoms with Gasteiger partial charge in [0.15, 0.2) is 0 Å². The van der Waals surface area contributed by atoms with Gasteiger partial charge in [-0.2, -0.15) is 0 Å². The van der Waals surface area contributed by atoms with Gasteiger partial charge in [-0.3, -0.25) is 14.5 Å². The SMILES string of the molecule is CC(C)(C)OC(=O)N1CCC(n2cccc2C(=O)Nc2cccc(CN3C(=O)CNC3=O)c2)CC1. The number of nitrogens with zero attached hydrogens (tertiary/aromatic N) is 3. The fourth-order valence-corrected chi connectivity index (χ4v) is 4.30. The number of nitrogens with one attached hydrogen (secondary N) is 2. The second-order valence-electron chi connectivity index (χ2n) is 9.79. The Morgan fingerprint density at radius 3 is 2.51 bits per heavy atom. The van der Waals surface area contributed by atoms with Gasteiger partial charge in [-0.15, -0.1) is 0 Å². The molecule has 2 aliphatic rings. The molecular weight excluding hydrogens is 450 g/mol. The van der Waals surface area contributed by atoms with Gasteiger partial charge in [0.1, 0.15) is 11.3 Å². The van der Waals surface area contributed by atoms with Crippen LogP contribution in [0.5, 0.6) is 0 Å². The molecule has 2 aromatic rings. The lowest BCUT2D eigenvalue weighted by atomic mass is 10.0. The third-order valence-corrected chi connectivity index (χ3v) is 5.98. The first-order chi connectivity index (χ1) is 16.6. The number of hydrogen-bond donors (Lipinski definition) is 2. The number of carbonyl (C=O) groups is 4. The van der Waals surface area contributed by atoms with E-state index in [1.807, 2.05) is 37.6 Å². The van der Waals surface area contributed by atoms with Crippen LogP contribution in [0.25, 0.3) is 0 Å². The molecule has 0 unspecified atom stereocenters. The molecule has 5 amide bonds. The monoisotopic (exact) mass is 481 g/mol. The van der Waals surface area contributed by atoms with E-state index in [2.05, 4.69) is 10.6 Å². The van der Waals surface area contributed by atoms with Crippen molar-refractivity contribution in [3.8, 4) is 0 Å². The zero-order valence-corrected chi connectivity index (χ0v) is 20.2. The lowest BCUT2D eigenvalue weighted by molar-refractivity contribution is -0.125. The molecule has 0 bridgehead atoms. The maximum atomic E-state index is 13.1. The summed E-state index contributed by atoms with van der Waals surface area (Å²) in [5.41, 5.74) is 1.30. The number of rotatable bonds is 5. The third-order valence-electron chi connectivity index (χ3n) is 5.98. The van der Waals surface area contributed by atoms with E-state index in [9.17, 15) is 19.2 Å². The highest BCUT2D eigenvalue weighted by molar-refractivity contribution is 6.03. The average molecular weight is 482 g/mol. The summed E-state index contributed by atoms with van der Waals surface area (Å²) in [5.74, 6) is -0.531. The van der Waals surface area contributed by atoms with Crippen molar-refractivity contribution in [2.24, 2.45) is 0 Å². The number of hydrogen-bond acceptors (Lipinski definition) is 5. The van der Waals surface area contributed by atoms with Crippen molar-refractivity contribution in [1.82, 2.24) is 19.7 Å². The van der Waals surface area contributed by atoms with Crippen LogP contribution in [-0.2, 0) is 16.1 Å². The Labute approximate surface area is 204 Å². The van der Waals surface area contributed by atoms with Gasteiger partial charge in [-0.25, -0.2) is 9.59 Å².